The maximum atomic E-state index is 12.9. The molecule has 35 heavy (non-hydrogen) atoms. The number of aryl methyl sites for hydroxylation is 1. The van der Waals surface area contributed by atoms with Gasteiger partial charge in [-0.1, -0.05) is 36.4 Å². The molecule has 1 N–H and O–H groups in total. The molecule has 2 amide bonds. The van der Waals surface area contributed by atoms with E-state index >= 15 is 0 Å². The summed E-state index contributed by atoms with van der Waals surface area (Å²) in [7, 11) is 0. The molecule has 0 aliphatic carbocycles. The summed E-state index contributed by atoms with van der Waals surface area (Å²) in [6.45, 7) is 3.75. The van der Waals surface area contributed by atoms with Crippen LogP contribution in [0.15, 0.2) is 66.9 Å². The second-order valence-electron chi connectivity index (χ2n) is 8.39. The highest BCUT2D eigenvalue weighted by Gasteiger charge is 2.28. The van der Waals surface area contributed by atoms with E-state index in [2.05, 4.69) is 15.3 Å². The van der Waals surface area contributed by atoms with Gasteiger partial charge in [-0.2, -0.15) is 0 Å². The number of nitrogens with zero attached hydrogens (tertiary/aromatic N) is 3. The summed E-state index contributed by atoms with van der Waals surface area (Å²) in [6, 6.07) is 18.8. The predicted octanol–water partition coefficient (Wildman–Crippen LogP) is 3.38. The number of nitrogens with one attached hydrogen (secondary N) is 1. The van der Waals surface area contributed by atoms with Crippen molar-refractivity contribution in [3.8, 4) is 11.5 Å². The summed E-state index contributed by atoms with van der Waals surface area (Å²) >= 11 is 0. The first-order valence-corrected chi connectivity index (χ1v) is 11.9. The number of aromatic nitrogens is 2. The lowest BCUT2D eigenvalue weighted by Gasteiger charge is -2.32. The van der Waals surface area contributed by atoms with E-state index in [1.807, 2.05) is 72.5 Å². The van der Waals surface area contributed by atoms with Crippen molar-refractivity contribution in [2.24, 2.45) is 0 Å². The van der Waals surface area contributed by atoms with Crippen molar-refractivity contribution < 1.29 is 19.1 Å². The number of carbonyl (C=O) groups is 2. The van der Waals surface area contributed by atoms with Gasteiger partial charge in [0.25, 0.3) is 11.8 Å². The summed E-state index contributed by atoms with van der Waals surface area (Å²) in [5.41, 5.74) is 1.22. The lowest BCUT2D eigenvalue weighted by atomic mass is 9.90. The fourth-order valence-corrected chi connectivity index (χ4v) is 4.07. The average molecular weight is 475 g/mol. The van der Waals surface area contributed by atoms with Gasteiger partial charge in [-0.25, -0.2) is 9.97 Å². The largest absolute Gasteiger partial charge is 0.492 e. The van der Waals surface area contributed by atoms with Crippen molar-refractivity contribution >= 4 is 11.8 Å². The van der Waals surface area contributed by atoms with Crippen molar-refractivity contribution in [1.29, 1.82) is 0 Å². The minimum absolute atomic E-state index is 0.0139. The van der Waals surface area contributed by atoms with Crippen LogP contribution in [0.5, 0.6) is 11.5 Å². The number of likely N-dealkylation sites (tertiary alicyclic amines) is 1. The van der Waals surface area contributed by atoms with Crippen LogP contribution in [-0.4, -0.2) is 59.5 Å². The average Bonchev–Trinajstić information content (AvgIpc) is 2.91. The Hall–Kier alpha value is -3.94. The van der Waals surface area contributed by atoms with E-state index in [1.165, 1.54) is 0 Å². The number of ether oxygens (including phenoxy) is 2. The Balaban J connectivity index is 1.29. The van der Waals surface area contributed by atoms with Gasteiger partial charge in [-0.15, -0.1) is 0 Å². The molecule has 1 aliphatic heterocycles. The van der Waals surface area contributed by atoms with Crippen molar-refractivity contribution in [3.63, 3.8) is 0 Å². The lowest BCUT2D eigenvalue weighted by Crippen LogP contribution is -2.41. The van der Waals surface area contributed by atoms with E-state index in [0.717, 1.165) is 24.3 Å². The number of rotatable bonds is 9. The molecule has 2 heterocycles. The molecule has 8 heteroatoms. The van der Waals surface area contributed by atoms with Crippen molar-refractivity contribution in [2.75, 3.05) is 32.8 Å². The van der Waals surface area contributed by atoms with Crippen LogP contribution in [0, 0.1) is 6.92 Å². The van der Waals surface area contributed by atoms with Crippen LogP contribution < -0.4 is 14.8 Å². The van der Waals surface area contributed by atoms with Crippen molar-refractivity contribution in [3.05, 3.63) is 83.9 Å². The lowest BCUT2D eigenvalue weighted by molar-refractivity contribution is -0.134. The Morgan fingerprint density at radius 1 is 0.971 bits per heavy atom. The Labute approximate surface area is 205 Å². The fourth-order valence-electron chi connectivity index (χ4n) is 4.07. The van der Waals surface area contributed by atoms with E-state index < -0.39 is 0 Å². The van der Waals surface area contributed by atoms with Crippen LogP contribution in [0.2, 0.25) is 0 Å². The predicted molar refractivity (Wildman–Crippen MR) is 132 cm³/mol. The molecule has 1 saturated heterocycles. The number of piperidine rings is 1. The number of amides is 2. The number of hydrogen-bond acceptors (Lipinski definition) is 6. The van der Waals surface area contributed by atoms with Crippen molar-refractivity contribution in [2.45, 2.75) is 25.7 Å². The van der Waals surface area contributed by atoms with Crippen LogP contribution in [0.4, 0.5) is 0 Å². The molecule has 0 radical (unpaired) electrons. The molecule has 0 saturated carbocycles. The van der Waals surface area contributed by atoms with Gasteiger partial charge >= 0.3 is 0 Å². The van der Waals surface area contributed by atoms with Gasteiger partial charge in [-0.3, -0.25) is 9.59 Å². The molecule has 2 aromatic carbocycles. The maximum Gasteiger partial charge on any atom is 0.260 e. The van der Waals surface area contributed by atoms with Crippen LogP contribution in [0.1, 0.15) is 40.6 Å². The molecular formula is C27H30N4O4. The molecule has 3 aromatic rings. The van der Waals surface area contributed by atoms with Crippen molar-refractivity contribution in [1.82, 2.24) is 20.2 Å². The third-order valence-corrected chi connectivity index (χ3v) is 5.92. The number of benzene rings is 2. The summed E-state index contributed by atoms with van der Waals surface area (Å²) < 4.78 is 11.2. The molecule has 0 unspecified atom stereocenters. The van der Waals surface area contributed by atoms with Gasteiger partial charge in [0.05, 0.1) is 17.8 Å². The fraction of sp³-hybridized carbons (Fsp3) is 0.333. The minimum Gasteiger partial charge on any atom is -0.492 e. The van der Waals surface area contributed by atoms with Crippen LogP contribution in [0.25, 0.3) is 0 Å². The molecule has 182 valence electrons. The Morgan fingerprint density at radius 2 is 1.60 bits per heavy atom. The Kier molecular flexibility index (Phi) is 8.27. The van der Waals surface area contributed by atoms with Crippen LogP contribution >= 0.6 is 0 Å². The highest BCUT2D eigenvalue weighted by Crippen LogP contribution is 2.29. The second-order valence-corrected chi connectivity index (χ2v) is 8.39. The molecule has 0 bridgehead atoms. The molecule has 8 nitrogen and oxygen atoms in total. The molecule has 0 spiro atoms. The SMILES string of the molecule is Cc1ncc(C(=O)NCCOc2ccccc2)c(C2CCN(C(=O)COc3ccccc3)CC2)n1. The van der Waals surface area contributed by atoms with Gasteiger partial charge in [0, 0.05) is 25.2 Å². The zero-order chi connectivity index (χ0) is 24.5. The standard InChI is InChI=1S/C27H30N4O4/c1-20-29-18-24(27(33)28-14-17-34-22-8-4-2-5-9-22)26(30-20)21-12-15-31(16-13-21)25(32)19-35-23-10-6-3-7-11-23/h2-11,18,21H,12-17,19H2,1H3,(H,28,33). The normalized spacial score (nSPS) is 13.8. The monoisotopic (exact) mass is 474 g/mol. The molecular weight excluding hydrogens is 444 g/mol. The van der Waals surface area contributed by atoms with Gasteiger partial charge in [0.15, 0.2) is 6.61 Å². The molecule has 1 aliphatic rings. The summed E-state index contributed by atoms with van der Waals surface area (Å²) in [5, 5.41) is 2.90. The highest BCUT2D eigenvalue weighted by molar-refractivity contribution is 5.95. The zero-order valence-corrected chi connectivity index (χ0v) is 19.9. The summed E-state index contributed by atoms with van der Waals surface area (Å²) in [4.78, 5) is 36.2. The quantitative estimate of drug-likeness (QED) is 0.478. The first kappa shape index (κ1) is 24.2. The van der Waals surface area contributed by atoms with Crippen LogP contribution in [0.3, 0.4) is 0 Å². The summed E-state index contributed by atoms with van der Waals surface area (Å²) in [5.74, 6) is 1.89. The van der Waals surface area contributed by atoms with E-state index in [0.29, 0.717) is 43.4 Å². The minimum atomic E-state index is -0.216. The third-order valence-electron chi connectivity index (χ3n) is 5.92. The smallest absolute Gasteiger partial charge is 0.260 e. The number of carbonyl (C=O) groups excluding carboxylic acids is 2. The maximum absolute atomic E-state index is 12.9. The van der Waals surface area contributed by atoms with E-state index in [-0.39, 0.29) is 24.3 Å². The highest BCUT2D eigenvalue weighted by atomic mass is 16.5. The molecule has 4 rings (SSSR count). The zero-order valence-electron chi connectivity index (χ0n) is 19.9. The summed E-state index contributed by atoms with van der Waals surface area (Å²) in [6.07, 6.45) is 3.05. The van der Waals surface area contributed by atoms with E-state index in [4.69, 9.17) is 9.47 Å². The van der Waals surface area contributed by atoms with Gasteiger partial charge in [0.2, 0.25) is 0 Å². The van der Waals surface area contributed by atoms with Crippen LogP contribution in [-0.2, 0) is 4.79 Å². The first-order valence-electron chi connectivity index (χ1n) is 11.9. The topological polar surface area (TPSA) is 93.7 Å². The number of hydrogen-bond donors (Lipinski definition) is 1. The first-order chi connectivity index (χ1) is 17.1. The van der Waals surface area contributed by atoms with Gasteiger partial charge in [0.1, 0.15) is 23.9 Å². The Morgan fingerprint density at radius 3 is 2.26 bits per heavy atom. The Bertz CT molecular complexity index is 1120. The van der Waals surface area contributed by atoms with Gasteiger partial charge in [-0.05, 0) is 44.0 Å². The molecule has 0 atom stereocenters. The second kappa shape index (κ2) is 12.0. The van der Waals surface area contributed by atoms with E-state index in [9.17, 15) is 9.59 Å². The molecule has 1 aromatic heterocycles. The number of para-hydroxylation sites is 2. The molecule has 1 fully saturated rings. The third kappa shape index (κ3) is 6.79. The van der Waals surface area contributed by atoms with Gasteiger partial charge < -0.3 is 19.7 Å². The van der Waals surface area contributed by atoms with E-state index in [1.54, 1.807) is 6.20 Å².